The Bertz CT molecular complexity index is 1580. The van der Waals surface area contributed by atoms with Crippen LogP contribution in [0.3, 0.4) is 0 Å². The number of alkyl halides is 3. The van der Waals surface area contributed by atoms with Gasteiger partial charge in [-0.05, 0) is 55.1 Å². The minimum absolute atomic E-state index is 0.0913. The number of anilines is 1. The number of halogens is 3. The van der Waals surface area contributed by atoms with Crippen molar-refractivity contribution in [2.24, 2.45) is 0 Å². The normalized spacial score (nSPS) is 18.1. The summed E-state index contributed by atoms with van der Waals surface area (Å²) in [5, 5.41) is 25.0. The number of amides is 1. The molecule has 4 N–H and O–H groups in total. The number of carbonyl (C=O) groups is 3. The van der Waals surface area contributed by atoms with Crippen LogP contribution in [-0.4, -0.2) is 85.8 Å². The smallest absolute Gasteiger partial charge is 0.490 e. The maximum atomic E-state index is 14.6. The Balaban J connectivity index is 0.000000617. The number of carboxylic acid groups (broad SMARTS) is 2. The Kier molecular flexibility index (Phi) is 10.8. The van der Waals surface area contributed by atoms with E-state index >= 15 is 0 Å². The summed E-state index contributed by atoms with van der Waals surface area (Å²) < 4.78 is 49.9. The van der Waals surface area contributed by atoms with Gasteiger partial charge in [0.15, 0.2) is 0 Å². The molecule has 0 radical (unpaired) electrons. The zero-order valence-electron chi connectivity index (χ0n) is 25.5. The number of hydrogen-bond donors (Lipinski definition) is 4. The first kappa shape index (κ1) is 34.5. The molecule has 1 spiro atoms. The lowest BCUT2D eigenvalue weighted by Gasteiger charge is -2.42. The zero-order valence-corrected chi connectivity index (χ0v) is 25.5. The van der Waals surface area contributed by atoms with Crippen molar-refractivity contribution in [1.82, 2.24) is 10.6 Å². The molecule has 0 saturated carbocycles. The molecule has 14 heteroatoms. The number of rotatable bonds is 8. The van der Waals surface area contributed by atoms with Gasteiger partial charge in [0.1, 0.15) is 23.1 Å². The standard InChI is InChI=1S/C30H35N3O6.C2HF3O2/c1-19(31-2)17-32-27-28(34)33(24-6-4-5-7-26(24)39-30(27)12-14-38-15-13-30)18-23-22-10-8-21(29(35)36)16-20(22)9-11-25(23)37-3;3-2(4,5)1(6)7/h4-11,16,19,27,31-32H,12-15,17-18H2,1-3H3,(H,35,36);(H,6,7)/t19-,27+;/m0./s1. The molecule has 11 nitrogen and oxygen atoms in total. The van der Waals surface area contributed by atoms with Crippen molar-refractivity contribution in [3.8, 4) is 11.5 Å². The Morgan fingerprint density at radius 2 is 1.78 bits per heavy atom. The lowest BCUT2D eigenvalue weighted by molar-refractivity contribution is -0.192. The number of carbonyl (C=O) groups excluding carboxylic acids is 1. The number of ether oxygens (including phenoxy) is 3. The number of nitrogens with zero attached hydrogens (tertiary/aromatic N) is 1. The maximum Gasteiger partial charge on any atom is 0.490 e. The fraction of sp³-hybridized carbons (Fsp3) is 0.406. The largest absolute Gasteiger partial charge is 0.496 e. The van der Waals surface area contributed by atoms with Crippen LogP contribution in [0, 0.1) is 0 Å². The molecule has 2 aliphatic rings. The van der Waals surface area contributed by atoms with Crippen LogP contribution in [0.5, 0.6) is 11.5 Å². The molecule has 2 heterocycles. The first-order valence-electron chi connectivity index (χ1n) is 14.5. The van der Waals surface area contributed by atoms with Crippen molar-refractivity contribution < 1.29 is 52.0 Å². The number of methoxy groups -OCH3 is 1. The van der Waals surface area contributed by atoms with Crippen LogP contribution in [0.1, 0.15) is 35.7 Å². The predicted molar refractivity (Wildman–Crippen MR) is 163 cm³/mol. The van der Waals surface area contributed by atoms with E-state index in [4.69, 9.17) is 24.1 Å². The van der Waals surface area contributed by atoms with Crippen molar-refractivity contribution in [2.75, 3.05) is 38.8 Å². The van der Waals surface area contributed by atoms with E-state index in [0.717, 1.165) is 16.3 Å². The minimum atomic E-state index is -5.08. The number of carboxylic acids is 2. The minimum Gasteiger partial charge on any atom is -0.496 e. The van der Waals surface area contributed by atoms with E-state index in [9.17, 15) is 27.9 Å². The average molecular weight is 648 g/mol. The molecular weight excluding hydrogens is 611 g/mol. The molecule has 46 heavy (non-hydrogen) atoms. The van der Waals surface area contributed by atoms with E-state index in [1.807, 2.05) is 43.4 Å². The van der Waals surface area contributed by atoms with Gasteiger partial charge >= 0.3 is 18.1 Å². The first-order chi connectivity index (χ1) is 21.8. The zero-order chi connectivity index (χ0) is 33.6. The van der Waals surface area contributed by atoms with Crippen LogP contribution in [0.2, 0.25) is 0 Å². The molecule has 3 aromatic carbocycles. The molecule has 0 aromatic heterocycles. The van der Waals surface area contributed by atoms with Gasteiger partial charge in [-0.2, -0.15) is 13.2 Å². The Labute approximate surface area is 263 Å². The lowest BCUT2D eigenvalue weighted by atomic mass is 9.84. The quantitative estimate of drug-likeness (QED) is 0.280. The number of aliphatic carboxylic acids is 1. The third-order valence-electron chi connectivity index (χ3n) is 8.08. The van der Waals surface area contributed by atoms with Crippen molar-refractivity contribution in [1.29, 1.82) is 0 Å². The second kappa shape index (κ2) is 14.4. The van der Waals surface area contributed by atoms with E-state index < -0.39 is 29.8 Å². The van der Waals surface area contributed by atoms with Crippen molar-refractivity contribution in [3.05, 3.63) is 65.7 Å². The highest BCUT2D eigenvalue weighted by Crippen LogP contribution is 2.42. The van der Waals surface area contributed by atoms with Crippen LogP contribution < -0.4 is 25.0 Å². The first-order valence-corrected chi connectivity index (χ1v) is 14.5. The monoisotopic (exact) mass is 647 g/mol. The molecule has 2 aliphatic heterocycles. The van der Waals surface area contributed by atoms with E-state index in [1.165, 1.54) is 0 Å². The summed E-state index contributed by atoms with van der Waals surface area (Å²) in [6.07, 6.45) is -3.91. The second-order valence-corrected chi connectivity index (χ2v) is 11.0. The molecule has 0 aliphatic carbocycles. The second-order valence-electron chi connectivity index (χ2n) is 11.0. The van der Waals surface area contributed by atoms with E-state index in [2.05, 4.69) is 17.6 Å². The van der Waals surface area contributed by atoms with Gasteiger partial charge in [0.25, 0.3) is 0 Å². The Morgan fingerprint density at radius 1 is 1.11 bits per heavy atom. The lowest BCUT2D eigenvalue weighted by Crippen LogP contribution is -2.63. The Hall–Kier alpha value is -4.40. The number of benzene rings is 3. The van der Waals surface area contributed by atoms with E-state index in [1.54, 1.807) is 30.2 Å². The molecule has 2 atom stereocenters. The van der Waals surface area contributed by atoms with Gasteiger partial charge in [0, 0.05) is 31.0 Å². The summed E-state index contributed by atoms with van der Waals surface area (Å²) in [6.45, 7) is 3.89. The van der Waals surface area contributed by atoms with Gasteiger partial charge < -0.3 is 40.0 Å². The number of fused-ring (bicyclic) bond motifs is 2. The highest BCUT2D eigenvalue weighted by atomic mass is 19.4. The molecule has 0 unspecified atom stereocenters. The molecule has 0 bridgehead atoms. The van der Waals surface area contributed by atoms with Gasteiger partial charge in [-0.3, -0.25) is 4.79 Å². The van der Waals surface area contributed by atoms with E-state index in [-0.39, 0.29) is 24.1 Å². The number of hydrogen-bond acceptors (Lipinski definition) is 8. The maximum absolute atomic E-state index is 14.6. The average Bonchev–Trinajstić information content (AvgIpc) is 3.11. The summed E-state index contributed by atoms with van der Waals surface area (Å²) in [7, 11) is 3.49. The van der Waals surface area contributed by atoms with Crippen LogP contribution in [0.25, 0.3) is 10.8 Å². The summed E-state index contributed by atoms with van der Waals surface area (Å²) in [6, 6.07) is 15.8. The van der Waals surface area contributed by atoms with Gasteiger partial charge in [-0.1, -0.05) is 24.3 Å². The number of likely N-dealkylation sites (N-methyl/N-ethyl adjacent to an activating group) is 1. The SMILES string of the molecule is CN[C@@H](C)CN[C@@H]1C(=O)N(Cc2c(OC)ccc3cc(C(=O)O)ccc23)c2ccccc2OC12CCOCC2.O=C(O)C(F)(F)F. The molecule has 1 saturated heterocycles. The highest BCUT2D eigenvalue weighted by molar-refractivity contribution is 6.02. The molecule has 5 rings (SSSR count). The fourth-order valence-electron chi connectivity index (χ4n) is 5.50. The van der Waals surface area contributed by atoms with E-state index in [0.29, 0.717) is 49.8 Å². The number of aromatic carboxylic acids is 1. The molecular formula is C32H36F3N3O8. The third-order valence-corrected chi connectivity index (χ3v) is 8.08. The van der Waals surface area contributed by atoms with Gasteiger partial charge in [-0.15, -0.1) is 0 Å². The Morgan fingerprint density at radius 3 is 2.39 bits per heavy atom. The summed E-state index contributed by atoms with van der Waals surface area (Å²) in [5.41, 5.74) is 0.917. The van der Waals surface area contributed by atoms with Gasteiger partial charge in [0.2, 0.25) is 5.91 Å². The van der Waals surface area contributed by atoms with Crippen LogP contribution in [-0.2, 0) is 20.9 Å². The van der Waals surface area contributed by atoms with Gasteiger partial charge in [0.05, 0.1) is 38.1 Å². The van der Waals surface area contributed by atoms with Crippen LogP contribution in [0.4, 0.5) is 18.9 Å². The summed E-state index contributed by atoms with van der Waals surface area (Å²) >= 11 is 0. The topological polar surface area (TPSA) is 147 Å². The fourth-order valence-corrected chi connectivity index (χ4v) is 5.50. The predicted octanol–water partition coefficient (Wildman–Crippen LogP) is 4.22. The summed E-state index contributed by atoms with van der Waals surface area (Å²) in [5.74, 6) is -2.57. The molecule has 1 amide bonds. The summed E-state index contributed by atoms with van der Waals surface area (Å²) in [4.78, 5) is 36.8. The van der Waals surface area contributed by atoms with Crippen molar-refractivity contribution >= 4 is 34.3 Å². The van der Waals surface area contributed by atoms with Crippen molar-refractivity contribution in [3.63, 3.8) is 0 Å². The molecule has 248 valence electrons. The third kappa shape index (κ3) is 7.52. The molecule has 1 fully saturated rings. The van der Waals surface area contributed by atoms with Crippen molar-refractivity contribution in [2.45, 2.75) is 50.2 Å². The van der Waals surface area contributed by atoms with Crippen LogP contribution >= 0.6 is 0 Å². The number of nitrogens with one attached hydrogen (secondary N) is 2. The van der Waals surface area contributed by atoms with Gasteiger partial charge in [-0.25, -0.2) is 9.59 Å². The van der Waals surface area contributed by atoms with Crippen LogP contribution in [0.15, 0.2) is 54.6 Å². The molecule has 3 aromatic rings. The number of para-hydroxylation sites is 2. The highest BCUT2D eigenvalue weighted by Gasteiger charge is 2.50.